The van der Waals surface area contributed by atoms with Crippen LogP contribution in [0.1, 0.15) is 12.5 Å². The van der Waals surface area contributed by atoms with E-state index in [0.29, 0.717) is 17.1 Å². The van der Waals surface area contributed by atoms with Crippen LogP contribution in [-0.4, -0.2) is 28.0 Å². The first kappa shape index (κ1) is 21.4. The lowest BCUT2D eigenvalue weighted by atomic mass is 10.2. The van der Waals surface area contributed by atoms with E-state index in [1.54, 1.807) is 42.5 Å². The summed E-state index contributed by atoms with van der Waals surface area (Å²) in [5.74, 6) is 0.244. The summed E-state index contributed by atoms with van der Waals surface area (Å²) in [6.45, 7) is 1.87. The highest BCUT2D eigenvalue weighted by atomic mass is 32.2. The molecule has 0 aliphatic rings. The summed E-state index contributed by atoms with van der Waals surface area (Å²) in [4.78, 5) is 12.3. The van der Waals surface area contributed by atoms with Gasteiger partial charge in [0, 0.05) is 12.7 Å². The number of nitrogens with one attached hydrogen (secondary N) is 1. The minimum absolute atomic E-state index is 0.0863. The number of anilines is 2. The van der Waals surface area contributed by atoms with Crippen LogP contribution in [0.2, 0.25) is 0 Å². The maximum Gasteiger partial charge on any atom is 0.264 e. The molecule has 0 radical (unpaired) electrons. The molecule has 0 heterocycles. The van der Waals surface area contributed by atoms with Crippen molar-refractivity contribution in [3.8, 4) is 5.75 Å². The van der Waals surface area contributed by atoms with Crippen molar-refractivity contribution in [1.82, 2.24) is 0 Å². The Morgan fingerprint density at radius 2 is 1.70 bits per heavy atom. The molecular weight excluding hydrogens is 400 g/mol. The molecule has 0 atom stereocenters. The van der Waals surface area contributed by atoms with E-state index in [-0.39, 0.29) is 17.4 Å². The van der Waals surface area contributed by atoms with Gasteiger partial charge in [-0.15, -0.1) is 0 Å². The molecule has 3 aromatic rings. The largest absolute Gasteiger partial charge is 0.484 e. The molecule has 1 N–H and O–H groups in total. The highest BCUT2D eigenvalue weighted by Gasteiger charge is 2.21. The Bertz CT molecular complexity index is 1110. The van der Waals surface area contributed by atoms with E-state index in [2.05, 4.69) is 5.32 Å². The van der Waals surface area contributed by atoms with Crippen molar-refractivity contribution in [1.29, 1.82) is 0 Å². The molecule has 156 valence electrons. The molecule has 0 bridgehead atoms. The van der Waals surface area contributed by atoms with E-state index >= 15 is 0 Å². The number of para-hydroxylation sites is 1. The maximum absolute atomic E-state index is 12.9. The lowest BCUT2D eigenvalue weighted by Crippen LogP contribution is -2.26. The van der Waals surface area contributed by atoms with Crippen LogP contribution < -0.4 is 14.4 Å². The molecule has 3 aromatic carbocycles. The fourth-order valence-electron chi connectivity index (χ4n) is 2.87. The van der Waals surface area contributed by atoms with Gasteiger partial charge in [-0.05, 0) is 54.4 Å². The lowest BCUT2D eigenvalue weighted by Gasteiger charge is -2.20. The van der Waals surface area contributed by atoms with Crippen LogP contribution in [0.4, 0.5) is 11.4 Å². The molecule has 0 unspecified atom stereocenters. The SMILES string of the molecule is CCc1cccc(OCC(=O)Nc2cccc(S(=O)(=O)N(C)c3ccccc3)c2)c1. The predicted octanol–water partition coefficient (Wildman–Crippen LogP) is 4.09. The van der Waals surface area contributed by atoms with Gasteiger partial charge >= 0.3 is 0 Å². The number of hydrogen-bond donors (Lipinski definition) is 1. The number of carbonyl (C=O) groups excluding carboxylic acids is 1. The molecule has 3 rings (SSSR count). The van der Waals surface area contributed by atoms with Gasteiger partial charge in [0.2, 0.25) is 0 Å². The van der Waals surface area contributed by atoms with Crippen molar-refractivity contribution >= 4 is 27.3 Å². The molecule has 0 aromatic heterocycles. The van der Waals surface area contributed by atoms with Crippen molar-refractivity contribution in [2.75, 3.05) is 23.3 Å². The Hall–Kier alpha value is -3.32. The molecule has 7 heteroatoms. The number of carbonyl (C=O) groups is 1. The summed E-state index contributed by atoms with van der Waals surface area (Å²) >= 11 is 0. The van der Waals surface area contributed by atoms with Gasteiger partial charge in [-0.25, -0.2) is 8.42 Å². The average molecular weight is 425 g/mol. The third-order valence-corrected chi connectivity index (χ3v) is 6.35. The first-order valence-corrected chi connectivity index (χ1v) is 11.0. The molecule has 0 spiro atoms. The van der Waals surface area contributed by atoms with E-state index < -0.39 is 10.0 Å². The first-order valence-electron chi connectivity index (χ1n) is 9.56. The third-order valence-electron chi connectivity index (χ3n) is 4.57. The van der Waals surface area contributed by atoms with Crippen molar-refractivity contribution in [2.45, 2.75) is 18.2 Å². The molecule has 0 saturated heterocycles. The number of aryl methyl sites for hydroxylation is 1. The number of ether oxygens (including phenoxy) is 1. The quantitative estimate of drug-likeness (QED) is 0.591. The Morgan fingerprint density at radius 3 is 2.43 bits per heavy atom. The molecule has 0 aliphatic heterocycles. The van der Waals surface area contributed by atoms with E-state index in [1.807, 2.05) is 31.2 Å². The zero-order valence-corrected chi connectivity index (χ0v) is 17.7. The number of amides is 1. The van der Waals surface area contributed by atoms with Crippen molar-refractivity contribution < 1.29 is 17.9 Å². The Balaban J connectivity index is 1.68. The van der Waals surface area contributed by atoms with Gasteiger partial charge in [0.1, 0.15) is 5.75 Å². The van der Waals surface area contributed by atoms with Gasteiger partial charge in [0.15, 0.2) is 6.61 Å². The molecule has 0 fully saturated rings. The van der Waals surface area contributed by atoms with Crippen molar-refractivity contribution in [2.24, 2.45) is 0 Å². The third kappa shape index (κ3) is 5.18. The average Bonchev–Trinajstić information content (AvgIpc) is 2.78. The standard InChI is InChI=1S/C23H24N2O4S/c1-3-18-9-7-13-21(15-18)29-17-23(26)24-19-10-8-14-22(16-19)30(27,28)25(2)20-11-5-4-6-12-20/h4-16H,3,17H2,1-2H3,(H,24,26). The number of hydrogen-bond acceptors (Lipinski definition) is 4. The van der Waals surface area contributed by atoms with Crippen LogP contribution in [0.5, 0.6) is 5.75 Å². The lowest BCUT2D eigenvalue weighted by molar-refractivity contribution is -0.118. The summed E-state index contributed by atoms with van der Waals surface area (Å²) in [5, 5.41) is 2.69. The topological polar surface area (TPSA) is 75.7 Å². The zero-order valence-electron chi connectivity index (χ0n) is 16.9. The molecule has 0 saturated carbocycles. The second kappa shape index (κ2) is 9.45. The van der Waals surface area contributed by atoms with E-state index in [0.717, 1.165) is 12.0 Å². The van der Waals surface area contributed by atoms with Crippen LogP contribution in [0.3, 0.4) is 0 Å². The number of benzene rings is 3. The van der Waals surface area contributed by atoms with Crippen LogP contribution in [0, 0.1) is 0 Å². The highest BCUT2D eigenvalue weighted by molar-refractivity contribution is 7.92. The zero-order chi connectivity index (χ0) is 21.6. The minimum Gasteiger partial charge on any atom is -0.484 e. The van der Waals surface area contributed by atoms with Gasteiger partial charge in [-0.1, -0.05) is 43.3 Å². The van der Waals surface area contributed by atoms with Gasteiger partial charge in [0.05, 0.1) is 10.6 Å². The van der Waals surface area contributed by atoms with E-state index in [1.165, 1.54) is 23.5 Å². The summed E-state index contributed by atoms with van der Waals surface area (Å²) in [6, 6.07) is 22.5. The summed E-state index contributed by atoms with van der Waals surface area (Å²) in [5.41, 5.74) is 2.05. The fourth-order valence-corrected chi connectivity index (χ4v) is 4.11. The molecule has 1 amide bonds. The fraction of sp³-hybridized carbons (Fsp3) is 0.174. The monoisotopic (exact) mass is 424 g/mol. The van der Waals surface area contributed by atoms with E-state index in [9.17, 15) is 13.2 Å². The molecular formula is C23H24N2O4S. The second-order valence-corrected chi connectivity index (χ2v) is 8.64. The molecule has 30 heavy (non-hydrogen) atoms. The van der Waals surface area contributed by atoms with E-state index in [4.69, 9.17) is 4.74 Å². The Morgan fingerprint density at radius 1 is 0.967 bits per heavy atom. The van der Waals surface area contributed by atoms with Gasteiger partial charge in [-0.2, -0.15) is 0 Å². The summed E-state index contributed by atoms with van der Waals surface area (Å²) < 4.78 is 32.6. The number of nitrogens with zero attached hydrogens (tertiary/aromatic N) is 1. The second-order valence-electron chi connectivity index (χ2n) is 6.67. The maximum atomic E-state index is 12.9. The number of sulfonamides is 1. The number of rotatable bonds is 8. The van der Waals surface area contributed by atoms with Crippen LogP contribution >= 0.6 is 0 Å². The first-order chi connectivity index (χ1) is 14.4. The minimum atomic E-state index is -3.76. The van der Waals surface area contributed by atoms with Crippen molar-refractivity contribution in [3.63, 3.8) is 0 Å². The highest BCUT2D eigenvalue weighted by Crippen LogP contribution is 2.23. The van der Waals surface area contributed by atoms with Gasteiger partial charge in [0.25, 0.3) is 15.9 Å². The molecule has 0 aliphatic carbocycles. The molecule has 6 nitrogen and oxygen atoms in total. The Kier molecular flexibility index (Phi) is 6.74. The van der Waals surface area contributed by atoms with Crippen molar-refractivity contribution in [3.05, 3.63) is 84.4 Å². The smallest absolute Gasteiger partial charge is 0.264 e. The van der Waals surface area contributed by atoms with Crippen LogP contribution in [0.25, 0.3) is 0 Å². The van der Waals surface area contributed by atoms with Crippen LogP contribution in [-0.2, 0) is 21.2 Å². The Labute approximate surface area is 177 Å². The van der Waals surface area contributed by atoms with Gasteiger partial charge in [-0.3, -0.25) is 9.10 Å². The van der Waals surface area contributed by atoms with Gasteiger partial charge < -0.3 is 10.1 Å². The summed E-state index contributed by atoms with van der Waals surface area (Å²) in [7, 11) is -2.27. The normalized spacial score (nSPS) is 11.0. The summed E-state index contributed by atoms with van der Waals surface area (Å²) in [6.07, 6.45) is 0.877. The van der Waals surface area contributed by atoms with Crippen LogP contribution in [0.15, 0.2) is 83.8 Å². The predicted molar refractivity (Wildman–Crippen MR) is 118 cm³/mol.